The fraction of sp³-hybridized carbons (Fsp3) is 0.400. The lowest BCUT2D eigenvalue weighted by atomic mass is 10.1. The fourth-order valence-corrected chi connectivity index (χ4v) is 1.04. The monoisotopic (exact) mass is 150 g/mol. The Morgan fingerprint density at radius 3 is 2.82 bits per heavy atom. The highest BCUT2D eigenvalue weighted by molar-refractivity contribution is 5.15. The minimum absolute atomic E-state index is 0.300. The highest BCUT2D eigenvalue weighted by atomic mass is 14.8. The van der Waals surface area contributed by atoms with Gasteiger partial charge in [0.2, 0.25) is 0 Å². The molecular formula is C10H15N. The second-order valence-corrected chi connectivity index (χ2v) is 2.79. The van der Waals surface area contributed by atoms with Crippen LogP contribution in [0, 0.1) is 0 Å². The molecule has 1 unspecified atom stereocenters. The molecule has 11 heavy (non-hydrogen) atoms. The van der Waals surface area contributed by atoms with Crippen molar-refractivity contribution in [3.63, 3.8) is 0 Å². The smallest absolute Gasteiger partial charge is 0.0391 e. The summed E-state index contributed by atoms with van der Waals surface area (Å²) in [5.74, 6) is 0. The van der Waals surface area contributed by atoms with Crippen molar-refractivity contribution in [2.45, 2.75) is 19.4 Å². The molecule has 1 heteroatoms. The Balaban J connectivity index is 2.41. The molecule has 1 N–H and O–H groups in total. The van der Waals surface area contributed by atoms with Crippen molar-refractivity contribution in [1.29, 1.82) is 0 Å². The van der Waals surface area contributed by atoms with Crippen LogP contribution in [-0.4, -0.2) is 13.1 Å². The fourth-order valence-electron chi connectivity index (χ4n) is 1.04. The van der Waals surface area contributed by atoms with Gasteiger partial charge in [-0.3, -0.25) is 0 Å². The summed E-state index contributed by atoms with van der Waals surface area (Å²) < 4.78 is 6.99. The van der Waals surface area contributed by atoms with Gasteiger partial charge in [0.25, 0.3) is 0 Å². The van der Waals surface area contributed by atoms with Gasteiger partial charge in [0, 0.05) is 7.41 Å². The number of likely N-dealkylation sites (N-methyl/N-ethyl adjacent to an activating group) is 1. The lowest BCUT2D eigenvalue weighted by Gasteiger charge is -2.08. The van der Waals surface area contributed by atoms with Crippen molar-refractivity contribution in [3.05, 3.63) is 35.9 Å². The van der Waals surface area contributed by atoms with Gasteiger partial charge in [-0.25, -0.2) is 0 Å². The third-order valence-electron chi connectivity index (χ3n) is 1.73. The van der Waals surface area contributed by atoms with Gasteiger partial charge >= 0.3 is 0 Å². The molecule has 1 rings (SSSR count). The van der Waals surface area contributed by atoms with E-state index >= 15 is 0 Å². The second-order valence-electron chi connectivity index (χ2n) is 2.79. The first-order valence-corrected chi connectivity index (χ1v) is 3.89. The molecule has 0 fully saturated rings. The van der Waals surface area contributed by atoms with Crippen molar-refractivity contribution >= 4 is 0 Å². The molecule has 0 aromatic heterocycles. The summed E-state index contributed by atoms with van der Waals surface area (Å²) in [7, 11) is 0.300. The van der Waals surface area contributed by atoms with Gasteiger partial charge in [0.1, 0.15) is 0 Å². The van der Waals surface area contributed by atoms with Crippen molar-refractivity contribution in [2.24, 2.45) is 0 Å². The second kappa shape index (κ2) is 4.14. The Morgan fingerprint density at radius 1 is 1.45 bits per heavy atom. The number of hydrogen-bond acceptors (Lipinski definition) is 1. The maximum Gasteiger partial charge on any atom is 0.0391 e. The molecular weight excluding hydrogens is 134 g/mol. The van der Waals surface area contributed by atoms with E-state index in [9.17, 15) is 0 Å². The molecule has 0 heterocycles. The van der Waals surface area contributed by atoms with Gasteiger partial charge < -0.3 is 5.32 Å². The van der Waals surface area contributed by atoms with E-state index in [4.69, 9.17) is 1.37 Å². The quantitative estimate of drug-likeness (QED) is 0.693. The van der Waals surface area contributed by atoms with Crippen LogP contribution in [0.1, 0.15) is 13.9 Å². The summed E-state index contributed by atoms with van der Waals surface area (Å²) in [4.78, 5) is 0. The molecule has 0 saturated heterocycles. The molecule has 1 nitrogen and oxygen atoms in total. The van der Waals surface area contributed by atoms with Crippen molar-refractivity contribution in [3.8, 4) is 0 Å². The summed E-state index contributed by atoms with van der Waals surface area (Å²) >= 11 is 0. The third kappa shape index (κ3) is 2.72. The van der Waals surface area contributed by atoms with E-state index in [1.54, 1.807) is 0 Å². The molecule has 0 aliphatic heterocycles. The van der Waals surface area contributed by atoms with Crippen LogP contribution in [-0.2, 0) is 6.42 Å². The summed E-state index contributed by atoms with van der Waals surface area (Å²) in [5.41, 5.74) is 1.32. The van der Waals surface area contributed by atoms with Crippen LogP contribution in [0.15, 0.2) is 30.3 Å². The molecule has 0 aliphatic carbocycles. The molecule has 1 aromatic carbocycles. The van der Waals surface area contributed by atoms with Crippen molar-refractivity contribution < 1.29 is 1.37 Å². The topological polar surface area (TPSA) is 12.0 Å². The first-order valence-electron chi connectivity index (χ1n) is 4.60. The Kier molecular flexibility index (Phi) is 2.58. The number of hydrogen-bond donors (Lipinski definition) is 1. The first-order chi connectivity index (χ1) is 5.83. The number of rotatable bonds is 3. The van der Waals surface area contributed by atoms with E-state index in [-0.39, 0.29) is 0 Å². The standard InChI is InChI=1S/C10H15N/c1-9(11-2)8-10-6-4-3-5-7-10/h3-7,9,11H,8H2,1-2H3/i2D. The van der Waals surface area contributed by atoms with Gasteiger partial charge in [0.15, 0.2) is 0 Å². The van der Waals surface area contributed by atoms with E-state index in [0.29, 0.717) is 13.1 Å². The van der Waals surface area contributed by atoms with Gasteiger partial charge in [0.05, 0.1) is 0 Å². The Morgan fingerprint density at radius 2 is 2.18 bits per heavy atom. The maximum absolute atomic E-state index is 6.99. The molecule has 0 saturated carbocycles. The zero-order chi connectivity index (χ0) is 8.81. The molecule has 60 valence electrons. The molecule has 1 aromatic rings. The van der Waals surface area contributed by atoms with E-state index < -0.39 is 0 Å². The molecule has 0 bridgehead atoms. The maximum atomic E-state index is 6.99. The van der Waals surface area contributed by atoms with Gasteiger partial charge in [-0.2, -0.15) is 0 Å². The first kappa shape index (κ1) is 6.86. The third-order valence-corrected chi connectivity index (χ3v) is 1.73. The zero-order valence-corrected chi connectivity index (χ0v) is 6.88. The normalized spacial score (nSPS) is 14.1. The van der Waals surface area contributed by atoms with Crippen molar-refractivity contribution in [1.82, 2.24) is 5.32 Å². The van der Waals surface area contributed by atoms with Crippen LogP contribution in [0.2, 0.25) is 0 Å². The summed E-state index contributed by atoms with van der Waals surface area (Å²) in [5, 5.41) is 3.06. The van der Waals surface area contributed by atoms with Crippen LogP contribution >= 0.6 is 0 Å². The predicted octanol–water partition coefficient (Wildman–Crippen LogP) is 1.84. The molecule has 0 amide bonds. The summed E-state index contributed by atoms with van der Waals surface area (Å²) in [6.45, 7) is 2.10. The largest absolute Gasteiger partial charge is 0.317 e. The Hall–Kier alpha value is -0.820. The number of benzene rings is 1. The van der Waals surface area contributed by atoms with E-state index in [2.05, 4.69) is 24.4 Å². The average molecular weight is 150 g/mol. The highest BCUT2D eigenvalue weighted by Gasteiger charge is 1.97. The van der Waals surface area contributed by atoms with Crippen LogP contribution in [0.4, 0.5) is 0 Å². The molecule has 0 radical (unpaired) electrons. The SMILES string of the molecule is [2H]CNC(C)Cc1ccccc1. The minimum atomic E-state index is 0.300. The van der Waals surface area contributed by atoms with Crippen LogP contribution < -0.4 is 5.32 Å². The molecule has 0 spiro atoms. The average Bonchev–Trinajstić information content (AvgIpc) is 2.06. The van der Waals surface area contributed by atoms with Crippen molar-refractivity contribution in [2.75, 3.05) is 7.02 Å². The van der Waals surface area contributed by atoms with E-state index in [1.807, 2.05) is 18.2 Å². The summed E-state index contributed by atoms with van der Waals surface area (Å²) in [6.07, 6.45) is 1.000. The lowest BCUT2D eigenvalue weighted by Crippen LogP contribution is -2.23. The Labute approximate surface area is 69.8 Å². The van der Waals surface area contributed by atoms with Crippen LogP contribution in [0.5, 0.6) is 0 Å². The molecule has 0 aliphatic rings. The lowest BCUT2D eigenvalue weighted by molar-refractivity contribution is 0.608. The zero-order valence-electron chi connectivity index (χ0n) is 7.88. The van der Waals surface area contributed by atoms with E-state index in [0.717, 1.165) is 6.42 Å². The minimum Gasteiger partial charge on any atom is -0.317 e. The van der Waals surface area contributed by atoms with E-state index in [1.165, 1.54) is 5.56 Å². The number of nitrogens with one attached hydrogen (secondary N) is 1. The van der Waals surface area contributed by atoms with Gasteiger partial charge in [-0.1, -0.05) is 30.3 Å². The van der Waals surface area contributed by atoms with Crippen LogP contribution in [0.25, 0.3) is 0 Å². The highest BCUT2D eigenvalue weighted by Crippen LogP contribution is 2.01. The van der Waals surface area contributed by atoms with Gasteiger partial charge in [-0.15, -0.1) is 0 Å². The molecule has 1 atom stereocenters. The predicted molar refractivity (Wildman–Crippen MR) is 48.7 cm³/mol. The summed E-state index contributed by atoms with van der Waals surface area (Å²) in [6, 6.07) is 10.7. The van der Waals surface area contributed by atoms with Gasteiger partial charge in [-0.05, 0) is 25.9 Å². The van der Waals surface area contributed by atoms with Crippen LogP contribution in [0.3, 0.4) is 0 Å². The Bertz CT molecular complexity index is 210.